The first-order valence-electron chi connectivity index (χ1n) is 9.27. The zero-order valence-electron chi connectivity index (χ0n) is 15.2. The van der Waals surface area contributed by atoms with Crippen molar-refractivity contribution in [2.24, 2.45) is 0 Å². The molecule has 1 N–H and O–H groups in total. The van der Waals surface area contributed by atoms with Gasteiger partial charge >= 0.3 is 0 Å². The van der Waals surface area contributed by atoms with Gasteiger partial charge in [0.25, 0.3) is 0 Å². The first-order chi connectivity index (χ1) is 11.7. The largest absolute Gasteiger partial charge is 0.362 e. The zero-order chi connectivity index (χ0) is 16.9. The van der Waals surface area contributed by atoms with Crippen molar-refractivity contribution in [1.29, 1.82) is 0 Å². The normalized spacial score (nSPS) is 15.6. The van der Waals surface area contributed by atoms with E-state index in [0.29, 0.717) is 5.92 Å². The Hall–Kier alpha value is -1.91. The number of nitrogens with zero attached hydrogens (tertiary/aromatic N) is 4. The van der Waals surface area contributed by atoms with E-state index in [0.717, 1.165) is 35.6 Å². The van der Waals surface area contributed by atoms with E-state index >= 15 is 0 Å². The Balaban J connectivity index is 2.02. The summed E-state index contributed by atoms with van der Waals surface area (Å²) in [5, 5.41) is 4.42. The number of unbranched alkanes of at least 4 members (excludes halogenated alkanes) is 1. The van der Waals surface area contributed by atoms with Gasteiger partial charge in [-0.2, -0.15) is 0 Å². The topological polar surface area (TPSA) is 53.9 Å². The van der Waals surface area contributed by atoms with Gasteiger partial charge in [0.2, 0.25) is 5.95 Å². The number of nitrogens with one attached hydrogen (secondary N) is 1. The maximum atomic E-state index is 4.88. The van der Waals surface area contributed by atoms with Crippen molar-refractivity contribution in [1.82, 2.24) is 15.0 Å². The molecule has 1 saturated carbocycles. The highest BCUT2D eigenvalue weighted by atomic mass is 15.1. The second kappa shape index (κ2) is 7.77. The summed E-state index contributed by atoms with van der Waals surface area (Å²) in [4.78, 5) is 16.1. The van der Waals surface area contributed by atoms with Gasteiger partial charge in [0.05, 0.1) is 10.9 Å². The lowest BCUT2D eigenvalue weighted by Gasteiger charge is -2.24. The fourth-order valence-corrected chi connectivity index (χ4v) is 3.56. The molecule has 5 heteroatoms. The van der Waals surface area contributed by atoms with Crippen LogP contribution in [0.4, 0.5) is 11.8 Å². The van der Waals surface area contributed by atoms with Crippen LogP contribution in [-0.4, -0.2) is 35.6 Å². The van der Waals surface area contributed by atoms with Crippen LogP contribution in [0.3, 0.4) is 0 Å². The summed E-state index contributed by atoms with van der Waals surface area (Å²) in [5.74, 6) is 2.27. The van der Waals surface area contributed by atoms with E-state index in [9.17, 15) is 0 Å². The molecule has 2 heterocycles. The molecule has 1 fully saturated rings. The molecular weight excluding hydrogens is 298 g/mol. The molecule has 0 unspecified atom stereocenters. The van der Waals surface area contributed by atoms with E-state index in [1.54, 1.807) is 0 Å². The standard InChI is InChI=1S/C19H29N5/c1-4-5-11-20-19-22-13-16-17(23-19)15(12-21-18(16)24(2)3)14-9-7-6-8-10-14/h12-14H,4-11H2,1-3H3,(H,20,22,23). The summed E-state index contributed by atoms with van der Waals surface area (Å²) in [6, 6.07) is 0. The van der Waals surface area contributed by atoms with Crippen LogP contribution in [-0.2, 0) is 0 Å². The Morgan fingerprint density at radius 1 is 1.12 bits per heavy atom. The van der Waals surface area contributed by atoms with Crippen LogP contribution in [0.2, 0.25) is 0 Å². The molecule has 2 aromatic heterocycles. The highest BCUT2D eigenvalue weighted by Gasteiger charge is 2.21. The SMILES string of the molecule is CCCCNc1ncc2c(N(C)C)ncc(C3CCCCC3)c2n1. The Bertz CT molecular complexity index is 677. The third-order valence-electron chi connectivity index (χ3n) is 4.91. The van der Waals surface area contributed by atoms with Crippen molar-refractivity contribution in [3.63, 3.8) is 0 Å². The van der Waals surface area contributed by atoms with E-state index < -0.39 is 0 Å². The van der Waals surface area contributed by atoms with Gasteiger partial charge in [0, 0.05) is 38.6 Å². The quantitative estimate of drug-likeness (QED) is 0.799. The van der Waals surface area contributed by atoms with Crippen molar-refractivity contribution in [3.8, 4) is 0 Å². The van der Waals surface area contributed by atoms with Crippen LogP contribution in [0.1, 0.15) is 63.4 Å². The molecule has 0 aromatic carbocycles. The summed E-state index contributed by atoms with van der Waals surface area (Å²) in [7, 11) is 4.05. The van der Waals surface area contributed by atoms with Gasteiger partial charge in [0.15, 0.2) is 0 Å². The third-order valence-corrected chi connectivity index (χ3v) is 4.91. The monoisotopic (exact) mass is 327 g/mol. The van der Waals surface area contributed by atoms with E-state index in [1.165, 1.54) is 44.1 Å². The van der Waals surface area contributed by atoms with Crippen LogP contribution in [0.5, 0.6) is 0 Å². The minimum Gasteiger partial charge on any atom is -0.362 e. The van der Waals surface area contributed by atoms with Crippen LogP contribution >= 0.6 is 0 Å². The van der Waals surface area contributed by atoms with Gasteiger partial charge in [-0.05, 0) is 25.2 Å². The Morgan fingerprint density at radius 2 is 1.92 bits per heavy atom. The van der Waals surface area contributed by atoms with Gasteiger partial charge in [0.1, 0.15) is 5.82 Å². The lowest BCUT2D eigenvalue weighted by atomic mass is 9.84. The number of aromatic nitrogens is 3. The van der Waals surface area contributed by atoms with E-state index in [2.05, 4.69) is 23.4 Å². The fourth-order valence-electron chi connectivity index (χ4n) is 3.56. The molecule has 5 nitrogen and oxygen atoms in total. The first kappa shape index (κ1) is 16.9. The van der Waals surface area contributed by atoms with Gasteiger partial charge in [-0.25, -0.2) is 15.0 Å². The van der Waals surface area contributed by atoms with Crippen LogP contribution < -0.4 is 10.2 Å². The number of fused-ring (bicyclic) bond motifs is 1. The van der Waals surface area contributed by atoms with Crippen LogP contribution in [0.25, 0.3) is 10.9 Å². The van der Waals surface area contributed by atoms with Crippen LogP contribution in [0.15, 0.2) is 12.4 Å². The molecule has 0 spiro atoms. The number of rotatable bonds is 6. The maximum Gasteiger partial charge on any atom is 0.223 e. The maximum absolute atomic E-state index is 4.88. The molecule has 0 atom stereocenters. The summed E-state index contributed by atoms with van der Waals surface area (Å²) >= 11 is 0. The minimum absolute atomic E-state index is 0.586. The predicted octanol–water partition coefficient (Wildman–Crippen LogP) is 4.35. The molecule has 24 heavy (non-hydrogen) atoms. The van der Waals surface area contributed by atoms with Gasteiger partial charge < -0.3 is 10.2 Å². The highest BCUT2D eigenvalue weighted by molar-refractivity contribution is 5.91. The molecule has 0 amide bonds. The molecule has 1 aliphatic carbocycles. The Kier molecular flexibility index (Phi) is 5.48. The Labute approximate surface area is 144 Å². The van der Waals surface area contributed by atoms with Crippen molar-refractivity contribution in [2.75, 3.05) is 30.9 Å². The average molecular weight is 327 g/mol. The van der Waals surface area contributed by atoms with E-state index in [1.807, 2.05) is 25.2 Å². The molecule has 0 saturated heterocycles. The van der Waals surface area contributed by atoms with Crippen molar-refractivity contribution < 1.29 is 0 Å². The lowest BCUT2D eigenvalue weighted by Crippen LogP contribution is -2.14. The zero-order valence-corrected chi connectivity index (χ0v) is 15.2. The average Bonchev–Trinajstić information content (AvgIpc) is 2.61. The smallest absolute Gasteiger partial charge is 0.223 e. The second-order valence-electron chi connectivity index (χ2n) is 7.00. The molecule has 0 bridgehead atoms. The molecule has 3 rings (SSSR count). The molecular formula is C19H29N5. The predicted molar refractivity (Wildman–Crippen MR) is 101 cm³/mol. The number of pyridine rings is 1. The molecule has 130 valence electrons. The van der Waals surface area contributed by atoms with Crippen LogP contribution in [0, 0.1) is 0 Å². The summed E-state index contributed by atoms with van der Waals surface area (Å²) < 4.78 is 0. The lowest BCUT2D eigenvalue weighted by molar-refractivity contribution is 0.444. The van der Waals surface area contributed by atoms with Gasteiger partial charge in [-0.3, -0.25) is 0 Å². The molecule has 2 aromatic rings. The number of hydrogen-bond donors (Lipinski definition) is 1. The first-order valence-corrected chi connectivity index (χ1v) is 9.27. The van der Waals surface area contributed by atoms with Crippen molar-refractivity contribution in [2.45, 2.75) is 57.8 Å². The summed E-state index contributed by atoms with van der Waals surface area (Å²) in [5.41, 5.74) is 2.38. The molecule has 0 aliphatic heterocycles. The van der Waals surface area contributed by atoms with Crippen molar-refractivity contribution in [3.05, 3.63) is 18.0 Å². The summed E-state index contributed by atoms with van der Waals surface area (Å²) in [6.07, 6.45) is 12.8. The molecule has 1 aliphatic rings. The third kappa shape index (κ3) is 3.60. The van der Waals surface area contributed by atoms with Gasteiger partial charge in [-0.1, -0.05) is 32.6 Å². The van der Waals surface area contributed by atoms with Crippen molar-refractivity contribution >= 4 is 22.7 Å². The fraction of sp³-hybridized carbons (Fsp3) is 0.632. The number of anilines is 2. The second-order valence-corrected chi connectivity index (χ2v) is 7.00. The Morgan fingerprint density at radius 3 is 2.62 bits per heavy atom. The van der Waals surface area contributed by atoms with E-state index in [4.69, 9.17) is 9.97 Å². The highest BCUT2D eigenvalue weighted by Crippen LogP contribution is 2.37. The minimum atomic E-state index is 0.586. The molecule has 0 radical (unpaired) electrons. The summed E-state index contributed by atoms with van der Waals surface area (Å²) in [6.45, 7) is 3.12. The number of hydrogen-bond acceptors (Lipinski definition) is 5. The van der Waals surface area contributed by atoms with Gasteiger partial charge in [-0.15, -0.1) is 0 Å². The van der Waals surface area contributed by atoms with E-state index in [-0.39, 0.29) is 0 Å².